The molecule has 1 aromatic heterocycles. The van der Waals surface area contributed by atoms with Gasteiger partial charge in [-0.15, -0.1) is 0 Å². The van der Waals surface area contributed by atoms with Gasteiger partial charge in [-0.05, 0) is 43.1 Å². The van der Waals surface area contributed by atoms with Gasteiger partial charge in [0.05, 0.1) is 10.6 Å². The fourth-order valence-electron chi connectivity index (χ4n) is 1.73. The zero-order valence-corrected chi connectivity index (χ0v) is 12.7. The van der Waals surface area contributed by atoms with Gasteiger partial charge in [-0.3, -0.25) is 4.72 Å². The molecule has 0 bridgehead atoms. The average Bonchev–Trinajstić information content (AvgIpc) is 2.72. The highest BCUT2D eigenvalue weighted by molar-refractivity contribution is 7.93. The zero-order valence-electron chi connectivity index (χ0n) is 11.0. The number of carboxylic acids is 1. The third-order valence-electron chi connectivity index (χ3n) is 2.74. The van der Waals surface area contributed by atoms with Crippen LogP contribution in [0.1, 0.15) is 21.6 Å². The van der Waals surface area contributed by atoms with E-state index in [-0.39, 0.29) is 21.2 Å². The Kier molecular flexibility index (Phi) is 3.97. The van der Waals surface area contributed by atoms with Crippen molar-refractivity contribution in [2.24, 2.45) is 0 Å². The summed E-state index contributed by atoms with van der Waals surface area (Å²) in [5.74, 6) is -1.98. The maximum Gasteiger partial charge on any atom is 0.340 e. The molecule has 21 heavy (non-hydrogen) atoms. The minimum atomic E-state index is -4.09. The molecular formula is C12H11FN2O4S2. The van der Waals surface area contributed by atoms with Crippen molar-refractivity contribution in [3.05, 3.63) is 40.8 Å². The minimum absolute atomic E-state index is 0.108. The highest BCUT2D eigenvalue weighted by atomic mass is 32.2. The van der Waals surface area contributed by atoms with Crippen LogP contribution in [0.2, 0.25) is 0 Å². The third kappa shape index (κ3) is 3.03. The van der Waals surface area contributed by atoms with E-state index in [0.29, 0.717) is 5.56 Å². The molecule has 0 saturated heterocycles. The van der Waals surface area contributed by atoms with E-state index in [2.05, 4.69) is 9.10 Å². The zero-order chi connectivity index (χ0) is 15.8. The van der Waals surface area contributed by atoms with E-state index in [1.165, 1.54) is 19.9 Å². The average molecular weight is 330 g/mol. The van der Waals surface area contributed by atoms with Crippen LogP contribution < -0.4 is 4.72 Å². The molecule has 112 valence electrons. The molecule has 0 aliphatic heterocycles. The van der Waals surface area contributed by atoms with E-state index in [1.54, 1.807) is 0 Å². The number of aryl methyl sites for hydroxylation is 2. The largest absolute Gasteiger partial charge is 0.478 e. The Bertz CT molecular complexity index is 815. The summed E-state index contributed by atoms with van der Waals surface area (Å²) in [7, 11) is -4.09. The second kappa shape index (κ2) is 5.41. The Morgan fingerprint density at radius 1 is 1.38 bits per heavy atom. The Hall–Kier alpha value is -2.00. The molecule has 0 radical (unpaired) electrons. The summed E-state index contributed by atoms with van der Waals surface area (Å²) >= 11 is 0.721. The van der Waals surface area contributed by atoms with Gasteiger partial charge in [-0.25, -0.2) is 17.6 Å². The second-order valence-corrected chi connectivity index (χ2v) is 6.72. The fourth-order valence-corrected chi connectivity index (χ4v) is 4.07. The summed E-state index contributed by atoms with van der Waals surface area (Å²) in [5, 5.41) is 8.97. The Morgan fingerprint density at radius 2 is 2.05 bits per heavy atom. The van der Waals surface area contributed by atoms with Crippen LogP contribution in [0.5, 0.6) is 0 Å². The number of aromatic carboxylic acids is 1. The Balaban J connectivity index is 2.48. The van der Waals surface area contributed by atoms with Crippen molar-refractivity contribution in [3.63, 3.8) is 0 Å². The normalized spacial score (nSPS) is 11.4. The van der Waals surface area contributed by atoms with E-state index >= 15 is 0 Å². The lowest BCUT2D eigenvalue weighted by Gasteiger charge is -2.09. The number of sulfonamides is 1. The molecule has 0 spiro atoms. The molecule has 1 aromatic carbocycles. The monoisotopic (exact) mass is 330 g/mol. The van der Waals surface area contributed by atoms with Gasteiger partial charge in [0.2, 0.25) is 0 Å². The number of anilines is 1. The van der Waals surface area contributed by atoms with Gasteiger partial charge in [0.1, 0.15) is 16.4 Å². The van der Waals surface area contributed by atoms with Crippen molar-refractivity contribution in [3.8, 4) is 0 Å². The van der Waals surface area contributed by atoms with Gasteiger partial charge in [0.15, 0.2) is 0 Å². The summed E-state index contributed by atoms with van der Waals surface area (Å²) in [5.41, 5.74) is 0.348. The number of hydrogen-bond acceptors (Lipinski definition) is 5. The minimum Gasteiger partial charge on any atom is -0.478 e. The first-order chi connectivity index (χ1) is 9.72. The molecule has 2 N–H and O–H groups in total. The molecule has 6 nitrogen and oxygen atoms in total. The molecule has 2 aromatic rings. The van der Waals surface area contributed by atoms with Gasteiger partial charge in [-0.2, -0.15) is 4.37 Å². The van der Waals surface area contributed by atoms with Crippen LogP contribution in [0.15, 0.2) is 23.1 Å². The molecule has 2 rings (SSSR count). The number of carbonyl (C=O) groups is 1. The van der Waals surface area contributed by atoms with Crippen molar-refractivity contribution in [2.45, 2.75) is 18.7 Å². The summed E-state index contributed by atoms with van der Waals surface area (Å²) in [6, 6.07) is 3.36. The van der Waals surface area contributed by atoms with Crippen LogP contribution in [0, 0.1) is 19.7 Å². The van der Waals surface area contributed by atoms with Gasteiger partial charge in [-0.1, -0.05) is 6.07 Å². The van der Waals surface area contributed by atoms with E-state index in [1.807, 2.05) is 0 Å². The molecule has 9 heteroatoms. The maximum absolute atomic E-state index is 13.2. The van der Waals surface area contributed by atoms with Crippen LogP contribution in [0.4, 0.5) is 9.39 Å². The van der Waals surface area contributed by atoms with Gasteiger partial charge < -0.3 is 5.11 Å². The fraction of sp³-hybridized carbons (Fsp3) is 0.167. The highest BCUT2D eigenvalue weighted by Gasteiger charge is 2.24. The van der Waals surface area contributed by atoms with Gasteiger partial charge in [0.25, 0.3) is 10.0 Å². The van der Waals surface area contributed by atoms with Crippen molar-refractivity contribution >= 4 is 32.5 Å². The number of nitrogens with one attached hydrogen (secondary N) is 1. The maximum atomic E-state index is 13.2. The smallest absolute Gasteiger partial charge is 0.340 e. The Labute approximate surface area is 124 Å². The lowest BCUT2D eigenvalue weighted by atomic mass is 10.2. The van der Waals surface area contributed by atoms with Crippen molar-refractivity contribution in [2.75, 3.05) is 4.72 Å². The number of rotatable bonds is 4. The lowest BCUT2D eigenvalue weighted by Crippen LogP contribution is -2.15. The summed E-state index contributed by atoms with van der Waals surface area (Å²) < 4.78 is 43.7. The molecule has 0 aliphatic rings. The first-order valence-electron chi connectivity index (χ1n) is 5.71. The molecule has 1 heterocycles. The Morgan fingerprint density at radius 3 is 2.67 bits per heavy atom. The summed E-state index contributed by atoms with van der Waals surface area (Å²) in [6.07, 6.45) is 0. The van der Waals surface area contributed by atoms with E-state index in [4.69, 9.17) is 5.11 Å². The van der Waals surface area contributed by atoms with Crippen LogP contribution in [0.25, 0.3) is 0 Å². The number of carboxylic acid groups (broad SMARTS) is 1. The number of aromatic nitrogens is 1. The predicted octanol–water partition coefficient (Wildman–Crippen LogP) is 2.40. The first kappa shape index (κ1) is 15.4. The summed E-state index contributed by atoms with van der Waals surface area (Å²) in [4.78, 5) is 10.9. The molecule has 0 amide bonds. The van der Waals surface area contributed by atoms with Gasteiger partial charge >= 0.3 is 5.97 Å². The first-order valence-corrected chi connectivity index (χ1v) is 7.96. The quantitative estimate of drug-likeness (QED) is 0.897. The number of nitrogens with zero attached hydrogens (tertiary/aromatic N) is 1. The molecular weight excluding hydrogens is 319 g/mol. The van der Waals surface area contributed by atoms with Crippen LogP contribution in [-0.2, 0) is 10.0 Å². The second-order valence-electron chi connectivity index (χ2n) is 4.29. The molecule has 0 atom stereocenters. The van der Waals surface area contributed by atoms with Crippen LogP contribution in [-0.4, -0.2) is 23.9 Å². The number of halogens is 1. The summed E-state index contributed by atoms with van der Waals surface area (Å²) in [6.45, 7) is 2.98. The SMILES string of the molecule is Cc1ccc(F)cc1S(=O)(=O)Nc1snc(C)c1C(=O)O. The van der Waals surface area contributed by atoms with E-state index in [9.17, 15) is 17.6 Å². The number of benzene rings is 1. The van der Waals surface area contributed by atoms with Gasteiger partial charge in [0, 0.05) is 0 Å². The topological polar surface area (TPSA) is 96.4 Å². The molecule has 0 aliphatic carbocycles. The highest BCUT2D eigenvalue weighted by Crippen LogP contribution is 2.28. The molecule has 0 fully saturated rings. The van der Waals surface area contributed by atoms with Crippen molar-refractivity contribution in [1.82, 2.24) is 4.37 Å². The lowest BCUT2D eigenvalue weighted by molar-refractivity contribution is 0.0697. The standard InChI is InChI=1S/C12H11FN2O4S2/c1-6-3-4-8(13)5-9(6)21(18,19)15-11-10(12(16)17)7(2)14-20-11/h3-5,15H,1-2H3,(H,16,17). The number of hydrogen-bond donors (Lipinski definition) is 2. The molecule has 0 unspecified atom stereocenters. The third-order valence-corrected chi connectivity index (χ3v) is 5.22. The van der Waals surface area contributed by atoms with Crippen molar-refractivity contribution in [1.29, 1.82) is 0 Å². The predicted molar refractivity (Wildman–Crippen MR) is 75.8 cm³/mol. The van der Waals surface area contributed by atoms with E-state index in [0.717, 1.165) is 23.7 Å². The molecule has 0 saturated carbocycles. The van der Waals surface area contributed by atoms with E-state index < -0.39 is 21.8 Å². The van der Waals surface area contributed by atoms with Crippen LogP contribution >= 0.6 is 11.5 Å². The van der Waals surface area contributed by atoms with Crippen LogP contribution in [0.3, 0.4) is 0 Å². The van der Waals surface area contributed by atoms with Crippen molar-refractivity contribution < 1.29 is 22.7 Å².